The molecule has 0 radical (unpaired) electrons. The Balaban J connectivity index is 2.71. The minimum Gasteiger partial charge on any atom is -0.321 e. The molecule has 0 aliphatic carbocycles. The van der Waals surface area contributed by atoms with Gasteiger partial charge in [0.2, 0.25) is 0 Å². The first-order valence-electron chi connectivity index (χ1n) is 5.64. The van der Waals surface area contributed by atoms with Crippen molar-refractivity contribution < 1.29 is 0 Å². The zero-order valence-electron chi connectivity index (χ0n) is 10.1. The van der Waals surface area contributed by atoms with Crippen LogP contribution in [-0.2, 0) is 6.54 Å². The standard InChI is InChI=1S/C11H22N4/c1-8(2)5-10(12)11-14-13-7-15(11)6-9(3)4/h7-10H,5-6,12H2,1-4H3/t10-/m1/s1. The molecule has 2 N–H and O–H groups in total. The molecule has 1 heterocycles. The van der Waals surface area contributed by atoms with Gasteiger partial charge < -0.3 is 10.3 Å². The molecule has 0 unspecified atom stereocenters. The summed E-state index contributed by atoms with van der Waals surface area (Å²) in [5.74, 6) is 2.09. The number of rotatable bonds is 5. The van der Waals surface area contributed by atoms with Crippen molar-refractivity contribution in [3.8, 4) is 0 Å². The van der Waals surface area contributed by atoms with E-state index in [0.717, 1.165) is 18.8 Å². The van der Waals surface area contributed by atoms with E-state index in [1.807, 2.05) is 0 Å². The molecule has 0 aromatic carbocycles. The number of hydrogen-bond donors (Lipinski definition) is 1. The van der Waals surface area contributed by atoms with Gasteiger partial charge in [-0.15, -0.1) is 10.2 Å². The SMILES string of the molecule is CC(C)C[C@@H](N)c1nncn1CC(C)C. The van der Waals surface area contributed by atoms with Gasteiger partial charge >= 0.3 is 0 Å². The van der Waals surface area contributed by atoms with Crippen LogP contribution in [0.4, 0.5) is 0 Å². The molecule has 86 valence electrons. The first kappa shape index (κ1) is 12.2. The first-order chi connectivity index (χ1) is 7.00. The lowest BCUT2D eigenvalue weighted by molar-refractivity contribution is 0.447. The molecule has 4 heteroatoms. The van der Waals surface area contributed by atoms with Gasteiger partial charge in [-0.2, -0.15) is 0 Å². The van der Waals surface area contributed by atoms with E-state index >= 15 is 0 Å². The summed E-state index contributed by atoms with van der Waals surface area (Å²) in [4.78, 5) is 0. The summed E-state index contributed by atoms with van der Waals surface area (Å²) in [5, 5.41) is 8.05. The van der Waals surface area contributed by atoms with Crippen molar-refractivity contribution in [3.63, 3.8) is 0 Å². The Morgan fingerprint density at radius 2 is 1.93 bits per heavy atom. The lowest BCUT2D eigenvalue weighted by Crippen LogP contribution is -2.19. The molecule has 1 atom stereocenters. The van der Waals surface area contributed by atoms with Crippen LogP contribution in [0.2, 0.25) is 0 Å². The van der Waals surface area contributed by atoms with Gasteiger partial charge in [0, 0.05) is 6.54 Å². The Labute approximate surface area is 91.9 Å². The fraction of sp³-hybridized carbons (Fsp3) is 0.818. The van der Waals surface area contributed by atoms with Crippen LogP contribution in [0.15, 0.2) is 6.33 Å². The van der Waals surface area contributed by atoms with Gasteiger partial charge in [0.05, 0.1) is 6.04 Å². The van der Waals surface area contributed by atoms with Gasteiger partial charge in [-0.25, -0.2) is 0 Å². The molecule has 1 aromatic heterocycles. The second-order valence-electron chi connectivity index (χ2n) is 4.97. The molecule has 0 spiro atoms. The molecule has 4 nitrogen and oxygen atoms in total. The van der Waals surface area contributed by atoms with Crippen LogP contribution in [0.3, 0.4) is 0 Å². The van der Waals surface area contributed by atoms with Gasteiger partial charge in [0.25, 0.3) is 0 Å². The third kappa shape index (κ3) is 3.63. The lowest BCUT2D eigenvalue weighted by atomic mass is 10.0. The van der Waals surface area contributed by atoms with E-state index in [9.17, 15) is 0 Å². The van der Waals surface area contributed by atoms with Crippen molar-refractivity contribution in [2.45, 2.75) is 46.7 Å². The maximum absolute atomic E-state index is 6.09. The summed E-state index contributed by atoms with van der Waals surface area (Å²) in [6.07, 6.45) is 2.73. The fourth-order valence-electron chi connectivity index (χ4n) is 1.70. The largest absolute Gasteiger partial charge is 0.321 e. The van der Waals surface area contributed by atoms with Gasteiger partial charge in [-0.1, -0.05) is 27.7 Å². The van der Waals surface area contributed by atoms with E-state index in [1.165, 1.54) is 0 Å². The topological polar surface area (TPSA) is 56.7 Å². The summed E-state index contributed by atoms with van der Waals surface area (Å²) in [7, 11) is 0. The van der Waals surface area contributed by atoms with Gasteiger partial charge in [-0.05, 0) is 18.3 Å². The van der Waals surface area contributed by atoms with Crippen LogP contribution in [0.25, 0.3) is 0 Å². The highest BCUT2D eigenvalue weighted by molar-refractivity contribution is 4.94. The molecule has 15 heavy (non-hydrogen) atoms. The molecule has 0 bridgehead atoms. The van der Waals surface area contributed by atoms with Crippen molar-refractivity contribution in [1.82, 2.24) is 14.8 Å². The van der Waals surface area contributed by atoms with Gasteiger partial charge in [0.15, 0.2) is 0 Å². The Morgan fingerprint density at radius 1 is 1.27 bits per heavy atom. The normalized spacial score (nSPS) is 13.8. The maximum Gasteiger partial charge on any atom is 0.149 e. The van der Waals surface area contributed by atoms with E-state index in [-0.39, 0.29) is 6.04 Å². The maximum atomic E-state index is 6.09. The Bertz CT molecular complexity index is 291. The van der Waals surface area contributed by atoms with Crippen LogP contribution in [0.5, 0.6) is 0 Å². The number of hydrogen-bond acceptors (Lipinski definition) is 3. The van der Waals surface area contributed by atoms with Crippen LogP contribution in [-0.4, -0.2) is 14.8 Å². The van der Waals surface area contributed by atoms with Crippen LogP contribution < -0.4 is 5.73 Å². The van der Waals surface area contributed by atoms with Crippen LogP contribution >= 0.6 is 0 Å². The van der Waals surface area contributed by atoms with Crippen molar-refractivity contribution in [1.29, 1.82) is 0 Å². The van der Waals surface area contributed by atoms with E-state index in [1.54, 1.807) is 6.33 Å². The van der Waals surface area contributed by atoms with Crippen molar-refractivity contribution in [2.75, 3.05) is 0 Å². The van der Waals surface area contributed by atoms with Crippen molar-refractivity contribution >= 4 is 0 Å². The second kappa shape index (κ2) is 5.26. The molecule has 1 rings (SSSR count). The van der Waals surface area contributed by atoms with Crippen LogP contribution in [0.1, 0.15) is 46.0 Å². The second-order valence-corrected chi connectivity index (χ2v) is 4.97. The molecule has 0 saturated heterocycles. The minimum absolute atomic E-state index is 0.00579. The summed E-state index contributed by atoms with van der Waals surface area (Å²) in [5.41, 5.74) is 6.09. The molecule has 0 aliphatic rings. The molecule has 0 amide bonds. The number of nitrogens with zero attached hydrogens (tertiary/aromatic N) is 3. The van der Waals surface area contributed by atoms with E-state index < -0.39 is 0 Å². The summed E-state index contributed by atoms with van der Waals surface area (Å²) in [6.45, 7) is 9.63. The smallest absolute Gasteiger partial charge is 0.149 e. The zero-order valence-corrected chi connectivity index (χ0v) is 10.1. The highest BCUT2D eigenvalue weighted by Crippen LogP contribution is 2.17. The molecule has 0 fully saturated rings. The third-order valence-corrected chi connectivity index (χ3v) is 2.26. The highest BCUT2D eigenvalue weighted by atomic mass is 15.3. The average molecular weight is 210 g/mol. The Morgan fingerprint density at radius 3 is 2.47 bits per heavy atom. The molecular formula is C11H22N4. The summed E-state index contributed by atoms with van der Waals surface area (Å²) < 4.78 is 2.07. The van der Waals surface area contributed by atoms with Crippen molar-refractivity contribution in [3.05, 3.63) is 12.2 Å². The summed E-state index contributed by atoms with van der Waals surface area (Å²) in [6, 6.07) is 0.00579. The van der Waals surface area contributed by atoms with Gasteiger partial charge in [0.1, 0.15) is 12.2 Å². The predicted molar refractivity (Wildman–Crippen MR) is 61.2 cm³/mol. The van der Waals surface area contributed by atoms with Gasteiger partial charge in [-0.3, -0.25) is 0 Å². The minimum atomic E-state index is 0.00579. The third-order valence-electron chi connectivity index (χ3n) is 2.26. The molecule has 0 saturated carbocycles. The fourth-order valence-corrected chi connectivity index (χ4v) is 1.70. The monoisotopic (exact) mass is 210 g/mol. The summed E-state index contributed by atoms with van der Waals surface area (Å²) >= 11 is 0. The van der Waals surface area contributed by atoms with Crippen molar-refractivity contribution in [2.24, 2.45) is 17.6 Å². The Hall–Kier alpha value is -0.900. The quantitative estimate of drug-likeness (QED) is 0.808. The average Bonchev–Trinajstić information content (AvgIpc) is 2.49. The molecule has 0 aliphatic heterocycles. The number of nitrogens with two attached hydrogens (primary N) is 1. The highest BCUT2D eigenvalue weighted by Gasteiger charge is 2.15. The van der Waals surface area contributed by atoms with E-state index in [4.69, 9.17) is 5.73 Å². The molecule has 1 aromatic rings. The van der Waals surface area contributed by atoms with E-state index in [0.29, 0.717) is 11.8 Å². The lowest BCUT2D eigenvalue weighted by Gasteiger charge is -2.15. The predicted octanol–water partition coefficient (Wildman–Crippen LogP) is 1.98. The van der Waals surface area contributed by atoms with E-state index in [2.05, 4.69) is 42.5 Å². The zero-order chi connectivity index (χ0) is 11.4. The van der Waals surface area contributed by atoms with Crippen LogP contribution in [0, 0.1) is 11.8 Å². The first-order valence-corrected chi connectivity index (χ1v) is 5.64. The Kier molecular flexibility index (Phi) is 4.27. The number of aromatic nitrogens is 3. The molecular weight excluding hydrogens is 188 g/mol.